The monoisotopic (exact) mass is 620 g/mol. The van der Waals surface area contributed by atoms with Crippen molar-refractivity contribution >= 4 is 17.8 Å². The van der Waals surface area contributed by atoms with Crippen LogP contribution in [0.1, 0.15) is 75.3 Å². The molecular weight excluding hydrogens is 577 g/mol. The molecule has 0 saturated carbocycles. The topological polar surface area (TPSA) is 91.4 Å². The predicted molar refractivity (Wildman–Crippen MR) is 160 cm³/mol. The first-order valence-corrected chi connectivity index (χ1v) is 15.0. The normalized spacial score (nSPS) is 16.7. The number of nitrogens with one attached hydrogen (secondary N) is 1. The van der Waals surface area contributed by atoms with Crippen LogP contribution in [-0.2, 0) is 4.79 Å². The maximum absolute atomic E-state index is 13.5. The molecule has 44 heavy (non-hydrogen) atoms. The number of carbonyl (C=O) groups is 3. The van der Waals surface area contributed by atoms with Crippen LogP contribution in [0, 0.1) is 5.41 Å². The number of alkyl halides is 3. The minimum atomic E-state index is -4.81. The van der Waals surface area contributed by atoms with Crippen LogP contribution in [0.3, 0.4) is 0 Å². The van der Waals surface area contributed by atoms with Gasteiger partial charge in [-0.15, -0.1) is 13.2 Å². The lowest BCUT2D eigenvalue weighted by Gasteiger charge is -2.53. The molecule has 0 bridgehead atoms. The van der Waals surface area contributed by atoms with Crippen molar-refractivity contribution < 1.29 is 37.0 Å². The van der Waals surface area contributed by atoms with Crippen LogP contribution in [0.4, 0.5) is 18.0 Å². The van der Waals surface area contributed by atoms with Crippen molar-refractivity contribution in [3.05, 3.63) is 59.7 Å². The molecule has 1 fully saturated rings. The number of likely N-dealkylation sites (tertiary alicyclic amines) is 1. The molecular formula is C32H43F3N4O5. The first-order chi connectivity index (χ1) is 20.8. The summed E-state index contributed by atoms with van der Waals surface area (Å²) in [6.45, 7) is 9.47. The van der Waals surface area contributed by atoms with Gasteiger partial charge in [0.25, 0.3) is 5.91 Å². The number of likely N-dealkylation sites (N-methyl/N-ethyl adjacent to an activating group) is 2. The van der Waals surface area contributed by atoms with E-state index in [4.69, 9.17) is 4.74 Å². The maximum atomic E-state index is 13.5. The van der Waals surface area contributed by atoms with E-state index in [-0.39, 0.29) is 17.6 Å². The summed E-state index contributed by atoms with van der Waals surface area (Å²) < 4.78 is 48.0. The van der Waals surface area contributed by atoms with Gasteiger partial charge in [0.1, 0.15) is 16.9 Å². The maximum Gasteiger partial charge on any atom is 0.573 e. The standard InChI is InChI=1S/C32H43F3N4O5/c1-7-11-26(22-12-18-25(19-13-22)44-32(33,34)35)36-30(42)39-28(41)31(8-2,9-3)29(39)43-24-16-14-23(15-17-24)27(40)38(10-4)21-20-37(5)6/h12-19,26,29H,7-11,20-21H2,1-6H3,(H,36,42)/t26-,29+/m1/s1. The average Bonchev–Trinajstić information content (AvgIpc) is 2.97. The zero-order chi connectivity index (χ0) is 32.7. The first kappa shape index (κ1) is 34.7. The third-order valence-electron chi connectivity index (χ3n) is 8.06. The van der Waals surface area contributed by atoms with Crippen molar-refractivity contribution in [3.63, 3.8) is 0 Å². The van der Waals surface area contributed by atoms with E-state index in [0.717, 1.165) is 11.4 Å². The SMILES string of the molecule is CCC[C@@H](NC(=O)N1C(=O)C(CC)(CC)[C@@H]1Oc1ccc(C(=O)N(CC)CCN(C)C)cc1)c1ccc(OC(F)(F)F)cc1. The summed E-state index contributed by atoms with van der Waals surface area (Å²) in [5.74, 6) is -0.420. The van der Waals surface area contributed by atoms with Gasteiger partial charge in [-0.3, -0.25) is 9.59 Å². The largest absolute Gasteiger partial charge is 0.573 e. The molecule has 2 aromatic carbocycles. The van der Waals surface area contributed by atoms with Gasteiger partial charge in [-0.25, -0.2) is 9.69 Å². The Morgan fingerprint density at radius 1 is 0.955 bits per heavy atom. The summed E-state index contributed by atoms with van der Waals surface area (Å²) >= 11 is 0. The van der Waals surface area contributed by atoms with Crippen LogP contribution in [0.25, 0.3) is 0 Å². The van der Waals surface area contributed by atoms with Gasteiger partial charge in [0.15, 0.2) is 6.23 Å². The lowest BCUT2D eigenvalue weighted by atomic mass is 9.72. The molecule has 0 aliphatic carbocycles. The summed E-state index contributed by atoms with van der Waals surface area (Å²) in [7, 11) is 3.90. The van der Waals surface area contributed by atoms with E-state index in [1.165, 1.54) is 24.3 Å². The summed E-state index contributed by atoms with van der Waals surface area (Å²) in [5.41, 5.74) is 0.168. The minimum absolute atomic E-state index is 0.0999. The van der Waals surface area contributed by atoms with Crippen molar-refractivity contribution in [1.29, 1.82) is 0 Å². The molecule has 1 saturated heterocycles. The van der Waals surface area contributed by atoms with Crippen LogP contribution >= 0.6 is 0 Å². The Kier molecular flexibility index (Phi) is 11.7. The van der Waals surface area contributed by atoms with Gasteiger partial charge in [0.05, 0.1) is 6.04 Å². The molecule has 1 heterocycles. The Morgan fingerprint density at radius 2 is 1.55 bits per heavy atom. The first-order valence-electron chi connectivity index (χ1n) is 15.0. The van der Waals surface area contributed by atoms with Gasteiger partial charge in [-0.1, -0.05) is 39.3 Å². The quantitative estimate of drug-likeness (QED) is 0.253. The number of benzene rings is 2. The number of urea groups is 1. The molecule has 12 heteroatoms. The van der Waals surface area contributed by atoms with Gasteiger partial charge >= 0.3 is 12.4 Å². The number of nitrogens with zero attached hydrogens (tertiary/aromatic N) is 3. The molecule has 0 unspecified atom stereocenters. The Hall–Kier alpha value is -3.80. The molecule has 2 aromatic rings. The summed E-state index contributed by atoms with van der Waals surface area (Å²) in [4.78, 5) is 44.8. The van der Waals surface area contributed by atoms with E-state index in [1.54, 1.807) is 29.2 Å². The highest BCUT2D eigenvalue weighted by Crippen LogP contribution is 2.46. The highest BCUT2D eigenvalue weighted by atomic mass is 19.4. The Balaban J connectivity index is 1.78. The Labute approximate surface area is 257 Å². The molecule has 0 radical (unpaired) electrons. The highest BCUT2D eigenvalue weighted by Gasteiger charge is 2.63. The number of halogens is 3. The number of β-lactam (4-membered cyclic amide) rings is 1. The van der Waals surface area contributed by atoms with Crippen LogP contribution in [0.15, 0.2) is 48.5 Å². The molecule has 0 aromatic heterocycles. The van der Waals surface area contributed by atoms with E-state index in [0.29, 0.717) is 55.6 Å². The predicted octanol–water partition coefficient (Wildman–Crippen LogP) is 6.21. The summed E-state index contributed by atoms with van der Waals surface area (Å²) in [6, 6.07) is 10.7. The van der Waals surface area contributed by atoms with Crippen LogP contribution in [0.5, 0.6) is 11.5 Å². The van der Waals surface area contributed by atoms with Crippen molar-refractivity contribution in [2.75, 3.05) is 33.7 Å². The number of hydrogen-bond acceptors (Lipinski definition) is 6. The third kappa shape index (κ3) is 8.02. The second-order valence-electron chi connectivity index (χ2n) is 11.1. The molecule has 1 N–H and O–H groups in total. The number of rotatable bonds is 14. The van der Waals surface area contributed by atoms with Gasteiger partial charge < -0.3 is 24.6 Å². The fourth-order valence-electron chi connectivity index (χ4n) is 5.34. The van der Waals surface area contributed by atoms with E-state index in [2.05, 4.69) is 10.1 Å². The van der Waals surface area contributed by atoms with Gasteiger partial charge in [0, 0.05) is 25.2 Å². The van der Waals surface area contributed by atoms with Crippen molar-refractivity contribution in [1.82, 2.24) is 20.0 Å². The van der Waals surface area contributed by atoms with Gasteiger partial charge in [0.2, 0.25) is 5.91 Å². The molecule has 0 spiro atoms. The van der Waals surface area contributed by atoms with Crippen LogP contribution in [-0.4, -0.2) is 78.9 Å². The average molecular weight is 621 g/mol. The molecule has 3 rings (SSSR count). The van der Waals surface area contributed by atoms with Crippen LogP contribution in [0.2, 0.25) is 0 Å². The van der Waals surface area contributed by atoms with E-state index in [9.17, 15) is 27.6 Å². The molecule has 9 nitrogen and oxygen atoms in total. The zero-order valence-corrected chi connectivity index (χ0v) is 26.2. The smallest absolute Gasteiger partial charge is 0.469 e. The number of hydrogen-bond donors (Lipinski definition) is 1. The second-order valence-corrected chi connectivity index (χ2v) is 11.1. The Bertz CT molecular complexity index is 1260. The number of imide groups is 1. The summed E-state index contributed by atoms with van der Waals surface area (Å²) in [6.07, 6.45) is -3.64. The van der Waals surface area contributed by atoms with Crippen molar-refractivity contribution in [3.8, 4) is 11.5 Å². The molecule has 2 atom stereocenters. The van der Waals surface area contributed by atoms with Crippen LogP contribution < -0.4 is 14.8 Å². The highest BCUT2D eigenvalue weighted by molar-refractivity contribution is 6.03. The molecule has 1 aliphatic rings. The minimum Gasteiger partial charge on any atom is -0.469 e. The third-order valence-corrected chi connectivity index (χ3v) is 8.06. The second kappa shape index (κ2) is 14.8. The number of carbonyl (C=O) groups excluding carboxylic acids is 3. The van der Waals surface area contributed by atoms with Crippen molar-refractivity contribution in [2.24, 2.45) is 5.41 Å². The molecule has 4 amide bonds. The fourth-order valence-corrected chi connectivity index (χ4v) is 5.34. The van der Waals surface area contributed by atoms with Gasteiger partial charge in [-0.2, -0.15) is 0 Å². The van der Waals surface area contributed by atoms with E-state index >= 15 is 0 Å². The lowest BCUT2D eigenvalue weighted by Crippen LogP contribution is -2.73. The number of amides is 4. The molecule has 242 valence electrons. The van der Waals surface area contributed by atoms with Gasteiger partial charge in [-0.05, 0) is 82.2 Å². The lowest BCUT2D eigenvalue weighted by molar-refractivity contribution is -0.274. The molecule has 1 aliphatic heterocycles. The fraction of sp³-hybridized carbons (Fsp3) is 0.531. The summed E-state index contributed by atoms with van der Waals surface area (Å²) in [5, 5.41) is 2.87. The van der Waals surface area contributed by atoms with E-state index < -0.39 is 30.1 Å². The van der Waals surface area contributed by atoms with Crippen molar-refractivity contribution in [2.45, 2.75) is 72.0 Å². The number of ether oxygens (including phenoxy) is 2. The zero-order valence-electron chi connectivity index (χ0n) is 26.2. The van der Waals surface area contributed by atoms with E-state index in [1.807, 2.05) is 46.7 Å². The Morgan fingerprint density at radius 3 is 2.05 bits per heavy atom.